The molecule has 1 amide bonds. The number of hydrogen-bond donors (Lipinski definition) is 1. The Balaban J connectivity index is 1.97. The third-order valence-electron chi connectivity index (χ3n) is 5.83. The van der Waals surface area contributed by atoms with E-state index in [0.29, 0.717) is 29.4 Å². The zero-order valence-corrected chi connectivity index (χ0v) is 20.4. The molecule has 1 heterocycles. The molecule has 174 valence electrons. The molecule has 0 aliphatic carbocycles. The Hall–Kier alpha value is -2.13. The normalized spacial score (nSPS) is 15.2. The van der Waals surface area contributed by atoms with Gasteiger partial charge in [0.25, 0.3) is 5.91 Å². The van der Waals surface area contributed by atoms with Crippen molar-refractivity contribution in [2.45, 2.75) is 25.7 Å². The van der Waals surface area contributed by atoms with Crippen LogP contribution in [0.15, 0.2) is 47.4 Å². The minimum atomic E-state index is -3.65. The van der Waals surface area contributed by atoms with Crippen molar-refractivity contribution in [1.29, 1.82) is 0 Å². The fourth-order valence-electron chi connectivity index (χ4n) is 3.86. The molecule has 0 spiro atoms. The molecular formula is C23H31ClN4O3S. The molecule has 32 heavy (non-hydrogen) atoms. The first kappa shape index (κ1) is 24.5. The number of likely N-dealkylation sites (N-methyl/N-ethyl adjacent to an activating group) is 1. The minimum absolute atomic E-state index is 0.170. The van der Waals surface area contributed by atoms with Crippen LogP contribution in [0.4, 0.5) is 11.4 Å². The van der Waals surface area contributed by atoms with E-state index in [4.69, 9.17) is 11.6 Å². The molecule has 3 rings (SSSR count). The van der Waals surface area contributed by atoms with E-state index in [-0.39, 0.29) is 10.8 Å². The number of halogens is 1. The topological polar surface area (TPSA) is 73.0 Å². The van der Waals surface area contributed by atoms with E-state index in [1.807, 2.05) is 13.8 Å². The Labute approximate surface area is 196 Å². The second-order valence-corrected chi connectivity index (χ2v) is 10.0. The molecule has 0 unspecified atom stereocenters. The Morgan fingerprint density at radius 3 is 2.19 bits per heavy atom. The first-order valence-corrected chi connectivity index (χ1v) is 12.8. The average molecular weight is 479 g/mol. The first-order chi connectivity index (χ1) is 15.3. The summed E-state index contributed by atoms with van der Waals surface area (Å²) in [4.78, 5) is 17.6. The second-order valence-electron chi connectivity index (χ2n) is 7.65. The fraction of sp³-hybridized carbons (Fsp3) is 0.435. The highest BCUT2D eigenvalue weighted by molar-refractivity contribution is 7.89. The summed E-state index contributed by atoms with van der Waals surface area (Å²) in [6.45, 7) is 11.0. The maximum atomic E-state index is 13.1. The number of rotatable bonds is 8. The summed E-state index contributed by atoms with van der Waals surface area (Å²) in [5.74, 6) is -0.313. The molecule has 1 aliphatic heterocycles. The van der Waals surface area contributed by atoms with Gasteiger partial charge in [-0.05, 0) is 49.0 Å². The van der Waals surface area contributed by atoms with Crippen LogP contribution in [-0.4, -0.2) is 69.3 Å². The number of amides is 1. The Kier molecular flexibility index (Phi) is 8.16. The van der Waals surface area contributed by atoms with Crippen molar-refractivity contribution in [2.24, 2.45) is 0 Å². The molecule has 2 aromatic carbocycles. The van der Waals surface area contributed by atoms with Crippen molar-refractivity contribution >= 4 is 38.9 Å². The molecule has 9 heteroatoms. The smallest absolute Gasteiger partial charge is 0.255 e. The van der Waals surface area contributed by atoms with Crippen LogP contribution in [0.1, 0.15) is 31.1 Å². The summed E-state index contributed by atoms with van der Waals surface area (Å²) in [5.41, 5.74) is 1.76. The number of benzene rings is 2. The van der Waals surface area contributed by atoms with Gasteiger partial charge in [0.1, 0.15) is 0 Å². The van der Waals surface area contributed by atoms with Crippen molar-refractivity contribution < 1.29 is 13.2 Å². The lowest BCUT2D eigenvalue weighted by Gasteiger charge is -2.36. The average Bonchev–Trinajstić information content (AvgIpc) is 2.80. The predicted molar refractivity (Wildman–Crippen MR) is 130 cm³/mol. The fourth-order valence-corrected chi connectivity index (χ4v) is 5.48. The van der Waals surface area contributed by atoms with Crippen LogP contribution >= 0.6 is 11.6 Å². The van der Waals surface area contributed by atoms with Gasteiger partial charge in [-0.25, -0.2) is 8.42 Å². The standard InChI is InChI=1S/C23H31ClN4O3S/c1-4-26-13-15-27(16-14-26)22-12-11-20(32(30,31)28(5-2)6-3)17-21(22)25-23(29)18-7-9-19(24)10-8-18/h7-12,17H,4-6,13-16H2,1-3H3,(H,25,29). The molecule has 0 bridgehead atoms. The number of carbonyl (C=O) groups is 1. The number of piperazine rings is 1. The molecule has 0 atom stereocenters. The largest absolute Gasteiger partial charge is 0.367 e. The summed E-state index contributed by atoms with van der Waals surface area (Å²) < 4.78 is 27.6. The van der Waals surface area contributed by atoms with Crippen LogP contribution in [0.3, 0.4) is 0 Å². The van der Waals surface area contributed by atoms with Gasteiger partial charge in [0.05, 0.1) is 16.3 Å². The third-order valence-corrected chi connectivity index (χ3v) is 8.12. The number of sulfonamides is 1. The van der Waals surface area contributed by atoms with Crippen LogP contribution < -0.4 is 10.2 Å². The Bertz CT molecular complexity index is 1030. The van der Waals surface area contributed by atoms with Crippen LogP contribution in [-0.2, 0) is 10.0 Å². The van der Waals surface area contributed by atoms with Crippen molar-refractivity contribution in [3.05, 3.63) is 53.1 Å². The van der Waals surface area contributed by atoms with Crippen molar-refractivity contribution in [2.75, 3.05) is 56.0 Å². The molecule has 1 fully saturated rings. The van der Waals surface area contributed by atoms with Gasteiger partial charge in [-0.2, -0.15) is 4.31 Å². The van der Waals surface area contributed by atoms with Gasteiger partial charge in [-0.1, -0.05) is 32.4 Å². The van der Waals surface area contributed by atoms with Gasteiger partial charge in [-0.3, -0.25) is 4.79 Å². The molecule has 1 saturated heterocycles. The predicted octanol–water partition coefficient (Wildman–Crippen LogP) is 3.76. The van der Waals surface area contributed by atoms with E-state index in [0.717, 1.165) is 38.4 Å². The van der Waals surface area contributed by atoms with Crippen molar-refractivity contribution in [1.82, 2.24) is 9.21 Å². The van der Waals surface area contributed by atoms with Crippen LogP contribution in [0, 0.1) is 0 Å². The number of carbonyl (C=O) groups excluding carboxylic acids is 1. The summed E-state index contributed by atoms with van der Waals surface area (Å²) >= 11 is 5.94. The first-order valence-electron chi connectivity index (χ1n) is 11.0. The van der Waals surface area contributed by atoms with Gasteiger partial charge in [0, 0.05) is 49.9 Å². The van der Waals surface area contributed by atoms with Gasteiger partial charge in [0.15, 0.2) is 0 Å². The monoisotopic (exact) mass is 478 g/mol. The lowest BCUT2D eigenvalue weighted by atomic mass is 10.1. The summed E-state index contributed by atoms with van der Waals surface area (Å²) in [6, 6.07) is 11.6. The Morgan fingerprint density at radius 2 is 1.62 bits per heavy atom. The zero-order valence-electron chi connectivity index (χ0n) is 18.8. The van der Waals surface area contributed by atoms with Gasteiger partial charge in [0.2, 0.25) is 10.0 Å². The van der Waals surface area contributed by atoms with E-state index in [1.54, 1.807) is 42.5 Å². The molecular weight excluding hydrogens is 448 g/mol. The molecule has 0 radical (unpaired) electrons. The zero-order chi connectivity index (χ0) is 23.3. The molecule has 0 aromatic heterocycles. The highest BCUT2D eigenvalue weighted by atomic mass is 35.5. The summed E-state index contributed by atoms with van der Waals surface area (Å²) in [7, 11) is -3.65. The summed E-state index contributed by atoms with van der Waals surface area (Å²) in [6.07, 6.45) is 0. The number of anilines is 2. The van der Waals surface area contributed by atoms with E-state index in [2.05, 4.69) is 22.0 Å². The van der Waals surface area contributed by atoms with E-state index < -0.39 is 10.0 Å². The quantitative estimate of drug-likeness (QED) is 0.625. The van der Waals surface area contributed by atoms with Crippen LogP contribution in [0.2, 0.25) is 5.02 Å². The number of hydrogen-bond acceptors (Lipinski definition) is 5. The van der Waals surface area contributed by atoms with Crippen molar-refractivity contribution in [3.63, 3.8) is 0 Å². The van der Waals surface area contributed by atoms with Crippen LogP contribution in [0.5, 0.6) is 0 Å². The lowest BCUT2D eigenvalue weighted by Crippen LogP contribution is -2.46. The minimum Gasteiger partial charge on any atom is -0.367 e. The van der Waals surface area contributed by atoms with E-state index in [1.165, 1.54) is 4.31 Å². The maximum Gasteiger partial charge on any atom is 0.255 e. The molecule has 7 nitrogen and oxygen atoms in total. The van der Waals surface area contributed by atoms with E-state index in [9.17, 15) is 13.2 Å². The molecule has 1 aliphatic rings. The molecule has 2 aromatic rings. The van der Waals surface area contributed by atoms with Gasteiger partial charge >= 0.3 is 0 Å². The highest BCUT2D eigenvalue weighted by Gasteiger charge is 2.25. The third kappa shape index (κ3) is 5.43. The SMILES string of the molecule is CCN1CCN(c2ccc(S(=O)(=O)N(CC)CC)cc2NC(=O)c2ccc(Cl)cc2)CC1. The van der Waals surface area contributed by atoms with Gasteiger partial charge in [-0.15, -0.1) is 0 Å². The second kappa shape index (κ2) is 10.7. The number of nitrogens with zero attached hydrogens (tertiary/aromatic N) is 3. The summed E-state index contributed by atoms with van der Waals surface area (Å²) in [5, 5.41) is 3.48. The van der Waals surface area contributed by atoms with Crippen molar-refractivity contribution in [3.8, 4) is 0 Å². The lowest BCUT2D eigenvalue weighted by molar-refractivity contribution is 0.102. The molecule has 0 saturated carbocycles. The van der Waals surface area contributed by atoms with Gasteiger partial charge < -0.3 is 15.1 Å². The number of nitrogens with one attached hydrogen (secondary N) is 1. The maximum absolute atomic E-state index is 13.1. The Morgan fingerprint density at radius 1 is 1.00 bits per heavy atom. The van der Waals surface area contributed by atoms with Crippen LogP contribution in [0.25, 0.3) is 0 Å². The molecule has 1 N–H and O–H groups in total. The highest BCUT2D eigenvalue weighted by Crippen LogP contribution is 2.31. The van der Waals surface area contributed by atoms with E-state index >= 15 is 0 Å².